The molecule has 0 spiro atoms. The van der Waals surface area contributed by atoms with Crippen LogP contribution in [0.15, 0.2) is 60.7 Å². The Labute approximate surface area is 271 Å². The van der Waals surface area contributed by atoms with Gasteiger partial charge in [0.15, 0.2) is 34.5 Å². The lowest BCUT2D eigenvalue weighted by Crippen LogP contribution is -2.48. The molecule has 4 aromatic carbocycles. The molecule has 4 heterocycles. The van der Waals surface area contributed by atoms with Gasteiger partial charge >= 0.3 is 0 Å². The number of hydrogen-bond donors (Lipinski definition) is 1. The van der Waals surface area contributed by atoms with Crippen molar-refractivity contribution in [2.24, 2.45) is 0 Å². The van der Waals surface area contributed by atoms with E-state index < -0.39 is 0 Å². The molecule has 0 radical (unpaired) electrons. The van der Waals surface area contributed by atoms with Gasteiger partial charge in [0.1, 0.15) is 11.8 Å². The van der Waals surface area contributed by atoms with Crippen molar-refractivity contribution in [3.63, 3.8) is 0 Å². The van der Waals surface area contributed by atoms with Gasteiger partial charge in [-0.05, 0) is 84.6 Å². The molecule has 8 rings (SSSR count). The lowest BCUT2D eigenvalue weighted by molar-refractivity contribution is -0.923. The van der Waals surface area contributed by atoms with Crippen molar-refractivity contribution in [1.29, 1.82) is 0 Å². The molecule has 2 atom stereocenters. The first-order valence-corrected chi connectivity index (χ1v) is 16.0. The molecule has 8 nitrogen and oxygen atoms in total. The highest BCUT2D eigenvalue weighted by molar-refractivity contribution is 5.63. The largest absolute Gasteiger partial charge is 0.504 e. The standard InChI is InChI=1S/C38H42N2O6/c1-39-15-13-26-21-35(43-5)37(44-6)38-36(26)29(39)17-24-9-12-31(41)32(19-24)45-27-10-7-23(8-11-27)18-30-28-22-34(46-38)33(42-4)20-25(28)14-16-40(30,2)3/h7-12,19-22,29-30H,13-18H2,1-6H3/p+1/t29-,30-/m0/s1. The van der Waals surface area contributed by atoms with E-state index in [0.717, 1.165) is 53.5 Å². The summed E-state index contributed by atoms with van der Waals surface area (Å²) in [6.45, 7) is 1.89. The van der Waals surface area contributed by atoms with Crippen LogP contribution in [0.2, 0.25) is 0 Å². The van der Waals surface area contributed by atoms with Gasteiger partial charge in [0.05, 0.1) is 42.0 Å². The third-order valence-corrected chi connectivity index (χ3v) is 10.2. The summed E-state index contributed by atoms with van der Waals surface area (Å²) in [4.78, 5) is 2.35. The molecule has 4 aliphatic heterocycles. The summed E-state index contributed by atoms with van der Waals surface area (Å²) in [6, 6.07) is 20.4. The van der Waals surface area contributed by atoms with Gasteiger partial charge in [0.25, 0.3) is 0 Å². The number of rotatable bonds is 3. The molecule has 6 bridgehead atoms. The molecule has 0 aromatic heterocycles. The number of hydrogen-bond acceptors (Lipinski definition) is 7. The van der Waals surface area contributed by atoms with Gasteiger partial charge in [-0.3, -0.25) is 4.90 Å². The van der Waals surface area contributed by atoms with Crippen LogP contribution in [0.4, 0.5) is 0 Å². The summed E-state index contributed by atoms with van der Waals surface area (Å²) in [6.07, 6.45) is 3.30. The van der Waals surface area contributed by atoms with Gasteiger partial charge in [0.2, 0.25) is 5.75 Å². The molecule has 4 aliphatic rings. The third-order valence-electron chi connectivity index (χ3n) is 10.2. The third kappa shape index (κ3) is 5.29. The van der Waals surface area contributed by atoms with Gasteiger partial charge in [-0.15, -0.1) is 0 Å². The molecule has 46 heavy (non-hydrogen) atoms. The van der Waals surface area contributed by atoms with Crippen LogP contribution < -0.4 is 23.7 Å². The number of aromatic hydroxyl groups is 1. The van der Waals surface area contributed by atoms with Gasteiger partial charge in [0, 0.05) is 36.6 Å². The molecule has 1 N–H and O–H groups in total. The fourth-order valence-corrected chi connectivity index (χ4v) is 7.46. The van der Waals surface area contributed by atoms with E-state index in [1.54, 1.807) is 27.4 Å². The van der Waals surface area contributed by atoms with E-state index in [9.17, 15) is 5.11 Å². The number of fused-ring (bicyclic) bond motifs is 2. The van der Waals surface area contributed by atoms with Crippen LogP contribution in [-0.4, -0.2) is 70.1 Å². The van der Waals surface area contributed by atoms with Crippen molar-refractivity contribution in [2.45, 2.75) is 37.8 Å². The first-order chi connectivity index (χ1) is 22.2. The first kappa shape index (κ1) is 30.3. The summed E-state index contributed by atoms with van der Waals surface area (Å²) in [5.41, 5.74) is 7.01. The summed E-state index contributed by atoms with van der Waals surface area (Å²) in [5, 5.41) is 10.8. The van der Waals surface area contributed by atoms with E-state index >= 15 is 0 Å². The van der Waals surface area contributed by atoms with Gasteiger partial charge < -0.3 is 33.3 Å². The molecular formula is C38H43N2O6+. The van der Waals surface area contributed by atoms with E-state index in [1.165, 1.54) is 16.7 Å². The minimum absolute atomic E-state index is 0.0407. The van der Waals surface area contributed by atoms with E-state index in [1.807, 2.05) is 24.3 Å². The maximum Gasteiger partial charge on any atom is 0.204 e. The smallest absolute Gasteiger partial charge is 0.204 e. The number of nitrogens with zero attached hydrogens (tertiary/aromatic N) is 2. The maximum absolute atomic E-state index is 10.8. The van der Waals surface area contributed by atoms with Crippen molar-refractivity contribution in [3.05, 3.63) is 94.0 Å². The van der Waals surface area contributed by atoms with Crippen LogP contribution in [0.5, 0.6) is 46.0 Å². The summed E-state index contributed by atoms with van der Waals surface area (Å²) in [7, 11) is 11.8. The molecule has 240 valence electrons. The van der Waals surface area contributed by atoms with E-state index in [4.69, 9.17) is 23.7 Å². The molecule has 8 heteroatoms. The molecule has 0 unspecified atom stereocenters. The number of benzene rings is 4. The lowest BCUT2D eigenvalue weighted by atomic mass is 9.86. The summed E-state index contributed by atoms with van der Waals surface area (Å²) in [5.74, 6) is 4.41. The Balaban J connectivity index is 1.48. The minimum atomic E-state index is -0.0407. The first-order valence-electron chi connectivity index (χ1n) is 16.0. The van der Waals surface area contributed by atoms with Crippen LogP contribution in [0.25, 0.3) is 0 Å². The Morgan fingerprint density at radius 1 is 0.783 bits per heavy atom. The van der Waals surface area contributed by atoms with Crippen LogP contribution >= 0.6 is 0 Å². The van der Waals surface area contributed by atoms with Gasteiger partial charge in [-0.2, -0.15) is 0 Å². The fraction of sp³-hybridized carbons (Fsp3) is 0.368. The molecule has 0 fully saturated rings. The topological polar surface area (TPSA) is 69.6 Å². The van der Waals surface area contributed by atoms with Crippen LogP contribution in [0, 0.1) is 0 Å². The van der Waals surface area contributed by atoms with E-state index in [2.05, 4.69) is 56.4 Å². The highest BCUT2D eigenvalue weighted by Crippen LogP contribution is 2.52. The Kier molecular flexibility index (Phi) is 7.73. The average Bonchev–Trinajstić information content (AvgIpc) is 3.05. The zero-order valence-corrected chi connectivity index (χ0v) is 27.6. The Hall–Kier alpha value is -4.40. The number of phenolic OH excluding ortho intramolecular Hbond substituents is 1. The number of likely N-dealkylation sites (N-methyl/N-ethyl adjacent to an activating group) is 2. The SMILES string of the molecule is COc1cc2c3cc1Oc1c(OC)c(OC)cc4c1[C@H](Cc1ccc(O)c(c1)Oc1ccc(cc1)C[C@@H]3[N+](C)(C)CC2)N(C)CC4. The van der Waals surface area contributed by atoms with Crippen molar-refractivity contribution in [1.82, 2.24) is 4.90 Å². The number of methoxy groups -OCH3 is 3. The molecule has 4 aromatic rings. The highest BCUT2D eigenvalue weighted by Gasteiger charge is 2.38. The molecule has 0 saturated heterocycles. The summed E-state index contributed by atoms with van der Waals surface area (Å²) < 4.78 is 32.0. The second-order valence-electron chi connectivity index (χ2n) is 13.3. The molecule has 0 aliphatic carbocycles. The monoisotopic (exact) mass is 623 g/mol. The Morgan fingerprint density at radius 2 is 1.52 bits per heavy atom. The Morgan fingerprint density at radius 3 is 2.26 bits per heavy atom. The van der Waals surface area contributed by atoms with Crippen molar-refractivity contribution in [2.75, 3.05) is 55.6 Å². The summed E-state index contributed by atoms with van der Waals surface area (Å²) >= 11 is 0. The second kappa shape index (κ2) is 11.8. The van der Waals surface area contributed by atoms with Crippen molar-refractivity contribution >= 4 is 0 Å². The molecular weight excluding hydrogens is 580 g/mol. The van der Waals surface area contributed by atoms with E-state index in [0.29, 0.717) is 46.7 Å². The normalized spacial score (nSPS) is 20.0. The number of phenols is 1. The number of quaternary nitrogens is 1. The predicted octanol–water partition coefficient (Wildman–Crippen LogP) is 7.00. The highest BCUT2D eigenvalue weighted by atomic mass is 16.5. The molecule has 0 amide bonds. The lowest BCUT2D eigenvalue weighted by Gasteiger charge is -2.43. The fourth-order valence-electron chi connectivity index (χ4n) is 7.46. The zero-order chi connectivity index (χ0) is 32.2. The second-order valence-corrected chi connectivity index (χ2v) is 13.3. The predicted molar refractivity (Wildman–Crippen MR) is 177 cm³/mol. The van der Waals surface area contributed by atoms with Gasteiger partial charge in [-0.1, -0.05) is 18.2 Å². The average molecular weight is 624 g/mol. The van der Waals surface area contributed by atoms with Crippen LogP contribution in [0.1, 0.15) is 45.5 Å². The molecule has 0 saturated carbocycles. The maximum atomic E-state index is 10.8. The van der Waals surface area contributed by atoms with E-state index in [-0.39, 0.29) is 17.8 Å². The van der Waals surface area contributed by atoms with Crippen molar-refractivity contribution < 1.29 is 33.3 Å². The van der Waals surface area contributed by atoms with Crippen LogP contribution in [-0.2, 0) is 25.7 Å². The van der Waals surface area contributed by atoms with Crippen LogP contribution in [0.3, 0.4) is 0 Å². The van der Waals surface area contributed by atoms with Gasteiger partial charge in [-0.25, -0.2) is 0 Å². The van der Waals surface area contributed by atoms with Crippen molar-refractivity contribution in [3.8, 4) is 46.0 Å². The minimum Gasteiger partial charge on any atom is -0.504 e. The Bertz CT molecular complexity index is 1780. The zero-order valence-electron chi connectivity index (χ0n) is 27.6. The quantitative estimate of drug-likeness (QED) is 0.247. The number of ether oxygens (including phenoxy) is 5.